The van der Waals surface area contributed by atoms with Crippen molar-refractivity contribution in [2.24, 2.45) is 0 Å². The smallest absolute Gasteiger partial charge is 0.411 e. The van der Waals surface area contributed by atoms with Crippen LogP contribution in [0, 0.1) is 0 Å². The molecule has 7 nitrogen and oxygen atoms in total. The monoisotopic (exact) mass is 466 g/mol. The first kappa shape index (κ1) is 24.4. The van der Waals surface area contributed by atoms with Crippen molar-refractivity contribution >= 4 is 11.8 Å². The van der Waals surface area contributed by atoms with Gasteiger partial charge in [-0.2, -0.15) is 0 Å². The van der Waals surface area contributed by atoms with E-state index in [1.54, 1.807) is 6.07 Å². The van der Waals surface area contributed by atoms with Gasteiger partial charge in [-0.1, -0.05) is 55.5 Å². The Morgan fingerprint density at radius 2 is 1.91 bits per heavy atom. The van der Waals surface area contributed by atoms with Gasteiger partial charge in [-0.15, -0.1) is 0 Å². The molecule has 34 heavy (non-hydrogen) atoms. The Morgan fingerprint density at radius 3 is 2.65 bits per heavy atom. The van der Waals surface area contributed by atoms with Gasteiger partial charge in [0.2, 0.25) is 0 Å². The molecule has 0 radical (unpaired) electrons. The third kappa shape index (κ3) is 6.67. The van der Waals surface area contributed by atoms with Crippen molar-refractivity contribution in [1.82, 2.24) is 4.90 Å². The lowest BCUT2D eigenvalue weighted by Crippen LogP contribution is -2.41. The second kappa shape index (κ2) is 12.1. The van der Waals surface area contributed by atoms with Gasteiger partial charge in [0.1, 0.15) is 6.61 Å². The molecule has 0 spiro atoms. The van der Waals surface area contributed by atoms with Crippen molar-refractivity contribution in [2.45, 2.75) is 50.8 Å². The Morgan fingerprint density at radius 1 is 1.12 bits per heavy atom. The number of carbonyl (C=O) groups is 1. The summed E-state index contributed by atoms with van der Waals surface area (Å²) in [5, 5.41) is 12.1. The number of aliphatic hydroxyl groups excluding tert-OH is 1. The molecule has 0 aliphatic carbocycles. The molecule has 182 valence electrons. The number of nitrogens with one attached hydrogen (secondary N) is 1. The number of amides is 1. The normalized spacial score (nSPS) is 23.3. The number of benzene rings is 2. The van der Waals surface area contributed by atoms with Gasteiger partial charge >= 0.3 is 6.09 Å². The Hall–Kier alpha value is -2.71. The van der Waals surface area contributed by atoms with Crippen LogP contribution in [-0.2, 0) is 20.8 Å². The van der Waals surface area contributed by atoms with Crippen LogP contribution < -0.4 is 5.32 Å². The zero-order valence-corrected chi connectivity index (χ0v) is 19.5. The van der Waals surface area contributed by atoms with E-state index in [4.69, 9.17) is 14.2 Å². The predicted octanol–water partition coefficient (Wildman–Crippen LogP) is 4.94. The van der Waals surface area contributed by atoms with Crippen LogP contribution in [-0.4, -0.2) is 48.4 Å². The van der Waals surface area contributed by atoms with E-state index < -0.39 is 12.4 Å². The van der Waals surface area contributed by atoms with Crippen LogP contribution in [0.1, 0.15) is 54.8 Å². The summed E-state index contributed by atoms with van der Waals surface area (Å²) in [6, 6.07) is 15.4. The highest BCUT2D eigenvalue weighted by atomic mass is 16.7. The summed E-state index contributed by atoms with van der Waals surface area (Å²) in [6.07, 6.45) is 4.84. The van der Waals surface area contributed by atoms with Crippen molar-refractivity contribution < 1.29 is 24.1 Å². The lowest BCUT2D eigenvalue weighted by atomic mass is 9.99. The van der Waals surface area contributed by atoms with E-state index in [-0.39, 0.29) is 25.4 Å². The van der Waals surface area contributed by atoms with E-state index in [0.29, 0.717) is 5.69 Å². The molecule has 2 aromatic carbocycles. The summed E-state index contributed by atoms with van der Waals surface area (Å²) in [7, 11) is 0. The molecule has 3 atom stereocenters. The van der Waals surface area contributed by atoms with Crippen LogP contribution in [0.5, 0.6) is 0 Å². The van der Waals surface area contributed by atoms with Gasteiger partial charge in [0.15, 0.2) is 6.29 Å². The minimum atomic E-state index is -0.558. The average molecular weight is 467 g/mol. The maximum Gasteiger partial charge on any atom is 0.411 e. The van der Waals surface area contributed by atoms with E-state index in [2.05, 4.69) is 16.8 Å². The van der Waals surface area contributed by atoms with Gasteiger partial charge in [-0.3, -0.25) is 5.32 Å². The number of nitrogens with zero attached hydrogens (tertiary/aromatic N) is 1. The van der Waals surface area contributed by atoms with Crippen molar-refractivity contribution in [1.29, 1.82) is 0 Å². The van der Waals surface area contributed by atoms with Crippen LogP contribution in [0.2, 0.25) is 0 Å². The van der Waals surface area contributed by atoms with E-state index in [1.165, 1.54) is 25.3 Å². The molecule has 2 fully saturated rings. The summed E-state index contributed by atoms with van der Waals surface area (Å²) < 4.78 is 17.9. The topological polar surface area (TPSA) is 80.3 Å². The van der Waals surface area contributed by atoms with E-state index in [9.17, 15) is 9.90 Å². The minimum Gasteiger partial charge on any atom is -0.445 e. The first-order valence-corrected chi connectivity index (χ1v) is 12.0. The van der Waals surface area contributed by atoms with Gasteiger partial charge in [-0.05, 0) is 49.2 Å². The van der Waals surface area contributed by atoms with Crippen molar-refractivity contribution in [2.75, 3.05) is 31.6 Å². The maximum atomic E-state index is 12.0. The van der Waals surface area contributed by atoms with Crippen LogP contribution in [0.25, 0.3) is 0 Å². The number of carbonyl (C=O) groups excluding carboxylic acids is 1. The Kier molecular flexibility index (Phi) is 8.71. The molecule has 2 aliphatic rings. The number of aliphatic hydroxyl groups is 1. The number of piperidine rings is 1. The predicted molar refractivity (Wildman–Crippen MR) is 130 cm³/mol. The summed E-state index contributed by atoms with van der Waals surface area (Å²) in [5.74, 6) is 0. The molecule has 1 amide bonds. The lowest BCUT2D eigenvalue weighted by Gasteiger charge is -2.39. The number of ether oxygens (including phenoxy) is 3. The molecule has 4 rings (SSSR count). The zero-order chi connectivity index (χ0) is 23.8. The quantitative estimate of drug-likeness (QED) is 0.536. The van der Waals surface area contributed by atoms with Crippen molar-refractivity contribution in [3.05, 3.63) is 77.9 Å². The molecule has 0 aromatic heterocycles. The highest BCUT2D eigenvalue weighted by molar-refractivity contribution is 5.84. The minimum absolute atomic E-state index is 0.0180. The second-order valence-corrected chi connectivity index (χ2v) is 8.85. The van der Waals surface area contributed by atoms with Gasteiger partial charge in [0, 0.05) is 24.2 Å². The number of anilines is 1. The maximum absolute atomic E-state index is 12.0. The third-order valence-corrected chi connectivity index (χ3v) is 6.26. The fourth-order valence-electron chi connectivity index (χ4n) is 4.51. The first-order chi connectivity index (χ1) is 16.6. The Labute approximate surface area is 201 Å². The molecule has 2 heterocycles. The molecule has 2 saturated heterocycles. The molecular formula is C27H34N2O5. The number of likely N-dealkylation sites (tertiary alicyclic amines) is 1. The van der Waals surface area contributed by atoms with Crippen LogP contribution in [0.15, 0.2) is 61.2 Å². The molecule has 2 aliphatic heterocycles. The molecule has 0 saturated carbocycles. The van der Waals surface area contributed by atoms with Crippen LogP contribution >= 0.6 is 0 Å². The number of rotatable bonds is 8. The Balaban J connectivity index is 1.51. The van der Waals surface area contributed by atoms with E-state index in [0.717, 1.165) is 42.7 Å². The molecule has 0 bridgehead atoms. The lowest BCUT2D eigenvalue weighted by molar-refractivity contribution is -0.253. The average Bonchev–Trinajstić information content (AvgIpc) is 2.88. The highest BCUT2D eigenvalue weighted by Gasteiger charge is 2.33. The summed E-state index contributed by atoms with van der Waals surface area (Å²) in [4.78, 5) is 14.4. The standard InChI is InChI=1S/C27H34N2O5/c1-2-15-32-27(31)28-23-8-6-7-22(16-23)26-33-24(18-29-13-4-3-5-14-29)17-25(34-26)21-11-9-20(19-30)10-12-21/h2,6-12,16,24-26,30H,1,3-5,13-15,17-19H2,(H,28,31). The fraction of sp³-hybridized carbons (Fsp3) is 0.444. The largest absolute Gasteiger partial charge is 0.445 e. The first-order valence-electron chi connectivity index (χ1n) is 12.0. The summed E-state index contributed by atoms with van der Waals surface area (Å²) >= 11 is 0. The molecule has 2 aromatic rings. The van der Waals surface area contributed by atoms with Crippen LogP contribution in [0.3, 0.4) is 0 Å². The number of hydrogen-bond donors (Lipinski definition) is 2. The molecular weight excluding hydrogens is 432 g/mol. The summed E-state index contributed by atoms with van der Waals surface area (Å²) in [6.45, 7) is 6.80. The van der Waals surface area contributed by atoms with Gasteiger partial charge in [-0.25, -0.2) is 4.79 Å². The third-order valence-electron chi connectivity index (χ3n) is 6.26. The Bertz CT molecular complexity index is 942. The van der Waals surface area contributed by atoms with E-state index in [1.807, 2.05) is 42.5 Å². The SMILES string of the molecule is C=CCOC(=O)Nc1cccc(C2OC(CN3CCCCC3)CC(c3ccc(CO)cc3)O2)c1. The fourth-order valence-corrected chi connectivity index (χ4v) is 4.51. The van der Waals surface area contributed by atoms with Gasteiger partial charge in [0.05, 0.1) is 18.8 Å². The molecule has 2 N–H and O–H groups in total. The van der Waals surface area contributed by atoms with Crippen LogP contribution in [0.4, 0.5) is 10.5 Å². The highest BCUT2D eigenvalue weighted by Crippen LogP contribution is 2.38. The number of hydrogen-bond acceptors (Lipinski definition) is 6. The van der Waals surface area contributed by atoms with E-state index >= 15 is 0 Å². The van der Waals surface area contributed by atoms with Gasteiger partial charge < -0.3 is 24.2 Å². The zero-order valence-electron chi connectivity index (χ0n) is 19.5. The van der Waals surface area contributed by atoms with Crippen molar-refractivity contribution in [3.8, 4) is 0 Å². The molecule has 7 heteroatoms. The summed E-state index contributed by atoms with van der Waals surface area (Å²) in [5.41, 5.74) is 3.39. The molecule has 3 unspecified atom stereocenters. The second-order valence-electron chi connectivity index (χ2n) is 8.85. The van der Waals surface area contributed by atoms with Crippen molar-refractivity contribution in [3.63, 3.8) is 0 Å². The van der Waals surface area contributed by atoms with Gasteiger partial charge in [0.25, 0.3) is 0 Å².